The van der Waals surface area contributed by atoms with E-state index < -0.39 is 15.8 Å². The van der Waals surface area contributed by atoms with Crippen molar-refractivity contribution in [3.63, 3.8) is 0 Å². The number of sulfonamides is 1. The number of hydrogen-bond acceptors (Lipinski definition) is 6. The number of nitrogens with one attached hydrogen (secondary N) is 2. The number of nitrogens with two attached hydrogens (primary N) is 1. The fraction of sp³-hybridized carbons (Fsp3) is 0.158. The van der Waals surface area contributed by atoms with Gasteiger partial charge in [-0.3, -0.25) is 0 Å². The van der Waals surface area contributed by atoms with Crippen molar-refractivity contribution >= 4 is 33.4 Å². The van der Waals surface area contributed by atoms with Gasteiger partial charge in [0.25, 0.3) is 0 Å². The molecule has 0 atom stereocenters. The molecule has 0 aliphatic rings. The molecular weight excluding hydrogens is 417 g/mol. The van der Waals surface area contributed by atoms with Crippen LogP contribution in [0.4, 0.5) is 16.2 Å². The quantitative estimate of drug-likeness (QED) is 0.491. The van der Waals surface area contributed by atoms with Gasteiger partial charge >= 0.3 is 0 Å². The van der Waals surface area contributed by atoms with Crippen LogP contribution in [0.2, 0.25) is 5.02 Å². The topological polar surface area (TPSA) is 110 Å². The van der Waals surface area contributed by atoms with Gasteiger partial charge in [0.1, 0.15) is 11.6 Å². The van der Waals surface area contributed by atoms with Gasteiger partial charge in [0.05, 0.1) is 10.6 Å². The summed E-state index contributed by atoms with van der Waals surface area (Å²) in [4.78, 5) is 8.22. The number of halogens is 2. The Balaban J connectivity index is 1.67. The van der Waals surface area contributed by atoms with E-state index in [4.69, 9.17) is 17.3 Å². The molecule has 0 aliphatic carbocycles. The van der Waals surface area contributed by atoms with Gasteiger partial charge in [0.2, 0.25) is 16.0 Å². The highest BCUT2D eigenvalue weighted by atomic mass is 35.5. The molecule has 0 radical (unpaired) electrons. The molecule has 2 aromatic carbocycles. The first-order valence-corrected chi connectivity index (χ1v) is 10.5. The van der Waals surface area contributed by atoms with Crippen LogP contribution in [0.5, 0.6) is 0 Å². The normalized spacial score (nSPS) is 11.4. The minimum absolute atomic E-state index is 0.0638. The maximum absolute atomic E-state index is 13.2. The van der Waals surface area contributed by atoms with Gasteiger partial charge in [-0.05, 0) is 36.8 Å². The van der Waals surface area contributed by atoms with Gasteiger partial charge < -0.3 is 11.1 Å². The highest BCUT2D eigenvalue weighted by molar-refractivity contribution is 7.89. The van der Waals surface area contributed by atoms with Crippen LogP contribution in [-0.4, -0.2) is 31.5 Å². The summed E-state index contributed by atoms with van der Waals surface area (Å²) in [5.41, 5.74) is 8.09. The summed E-state index contributed by atoms with van der Waals surface area (Å²) in [6, 6.07) is 12.0. The molecule has 1 aromatic heterocycles. The van der Waals surface area contributed by atoms with E-state index in [0.29, 0.717) is 16.5 Å². The molecule has 0 spiro atoms. The Hall–Kier alpha value is -2.75. The van der Waals surface area contributed by atoms with Gasteiger partial charge in [0, 0.05) is 29.7 Å². The van der Waals surface area contributed by atoms with Crippen LogP contribution >= 0.6 is 11.6 Å². The molecule has 0 fully saturated rings. The fourth-order valence-corrected chi connectivity index (χ4v) is 3.91. The van der Waals surface area contributed by atoms with Crippen molar-refractivity contribution in [2.24, 2.45) is 0 Å². The second kappa shape index (κ2) is 8.73. The number of rotatable bonds is 7. The molecule has 0 saturated heterocycles. The Morgan fingerprint density at radius 2 is 1.86 bits per heavy atom. The number of nitrogen functional groups attached to an aromatic ring is 1. The van der Waals surface area contributed by atoms with Gasteiger partial charge in [0.15, 0.2) is 0 Å². The number of aromatic nitrogens is 2. The third kappa shape index (κ3) is 5.20. The molecule has 152 valence electrons. The van der Waals surface area contributed by atoms with Crippen molar-refractivity contribution in [3.05, 3.63) is 64.9 Å². The summed E-state index contributed by atoms with van der Waals surface area (Å²) < 4.78 is 40.0. The summed E-state index contributed by atoms with van der Waals surface area (Å²) in [5, 5.41) is 3.61. The van der Waals surface area contributed by atoms with Gasteiger partial charge in [-0.2, -0.15) is 4.98 Å². The Labute approximate surface area is 173 Å². The zero-order valence-corrected chi connectivity index (χ0v) is 17.1. The molecule has 0 unspecified atom stereocenters. The van der Waals surface area contributed by atoms with E-state index in [9.17, 15) is 12.8 Å². The lowest BCUT2D eigenvalue weighted by Crippen LogP contribution is -2.29. The zero-order valence-electron chi connectivity index (χ0n) is 15.5. The van der Waals surface area contributed by atoms with E-state index >= 15 is 0 Å². The van der Waals surface area contributed by atoms with Crippen molar-refractivity contribution in [2.75, 3.05) is 24.1 Å². The SMILES string of the molecule is Cc1c(Cl)cccc1-c1cc(NCCNS(=O)(=O)c2cccc(F)c2)nc(N)n1. The zero-order chi connectivity index (χ0) is 21.0. The Morgan fingerprint density at radius 1 is 1.10 bits per heavy atom. The van der Waals surface area contributed by atoms with Crippen LogP contribution in [0, 0.1) is 12.7 Å². The fourth-order valence-electron chi connectivity index (χ4n) is 2.67. The van der Waals surface area contributed by atoms with E-state index in [1.807, 2.05) is 19.1 Å². The predicted octanol–water partition coefficient (Wildman–Crippen LogP) is 3.22. The monoisotopic (exact) mass is 435 g/mol. The average molecular weight is 436 g/mol. The van der Waals surface area contributed by atoms with Crippen molar-refractivity contribution < 1.29 is 12.8 Å². The maximum Gasteiger partial charge on any atom is 0.240 e. The molecule has 3 aromatic rings. The van der Waals surface area contributed by atoms with Gasteiger partial charge in [-0.1, -0.05) is 29.8 Å². The Bertz CT molecular complexity index is 1140. The predicted molar refractivity (Wildman–Crippen MR) is 112 cm³/mol. The first kappa shape index (κ1) is 21.0. The molecule has 3 rings (SSSR count). The molecule has 0 bridgehead atoms. The third-order valence-corrected chi connectivity index (χ3v) is 5.98. The van der Waals surface area contributed by atoms with Crippen LogP contribution < -0.4 is 15.8 Å². The summed E-state index contributed by atoms with van der Waals surface area (Å²) in [5.74, 6) is -0.104. The lowest BCUT2D eigenvalue weighted by molar-refractivity contribution is 0.579. The first-order chi connectivity index (χ1) is 13.8. The van der Waals surface area contributed by atoms with Crippen LogP contribution in [0.1, 0.15) is 5.56 Å². The smallest absolute Gasteiger partial charge is 0.240 e. The van der Waals surface area contributed by atoms with E-state index in [0.717, 1.165) is 17.2 Å². The lowest BCUT2D eigenvalue weighted by Gasteiger charge is -2.11. The van der Waals surface area contributed by atoms with Crippen molar-refractivity contribution in [3.8, 4) is 11.3 Å². The molecule has 7 nitrogen and oxygen atoms in total. The third-order valence-electron chi connectivity index (χ3n) is 4.12. The summed E-state index contributed by atoms with van der Waals surface area (Å²) in [6.07, 6.45) is 0. The minimum Gasteiger partial charge on any atom is -0.369 e. The van der Waals surface area contributed by atoms with Crippen molar-refractivity contribution in [1.29, 1.82) is 0 Å². The second-order valence-electron chi connectivity index (χ2n) is 6.19. The first-order valence-electron chi connectivity index (χ1n) is 8.65. The number of anilines is 2. The van der Waals surface area contributed by atoms with E-state index in [1.165, 1.54) is 18.2 Å². The molecule has 0 saturated carbocycles. The largest absolute Gasteiger partial charge is 0.369 e. The average Bonchev–Trinajstić information content (AvgIpc) is 2.67. The molecule has 0 amide bonds. The number of benzene rings is 2. The highest BCUT2D eigenvalue weighted by Gasteiger charge is 2.14. The molecular formula is C19H19ClFN5O2S. The Kier molecular flexibility index (Phi) is 6.31. The Morgan fingerprint density at radius 3 is 2.62 bits per heavy atom. The molecule has 10 heteroatoms. The number of hydrogen-bond donors (Lipinski definition) is 3. The molecule has 29 heavy (non-hydrogen) atoms. The van der Waals surface area contributed by atoms with Crippen LogP contribution in [-0.2, 0) is 10.0 Å². The maximum atomic E-state index is 13.2. The van der Waals surface area contributed by atoms with E-state index in [-0.39, 0.29) is 23.9 Å². The summed E-state index contributed by atoms with van der Waals surface area (Å²) in [6.45, 7) is 2.18. The lowest BCUT2D eigenvalue weighted by atomic mass is 10.1. The van der Waals surface area contributed by atoms with Crippen LogP contribution in [0.3, 0.4) is 0 Å². The van der Waals surface area contributed by atoms with Crippen LogP contribution in [0.25, 0.3) is 11.3 Å². The number of nitrogens with zero attached hydrogens (tertiary/aromatic N) is 2. The molecule has 1 heterocycles. The summed E-state index contributed by atoms with van der Waals surface area (Å²) >= 11 is 6.17. The van der Waals surface area contributed by atoms with Gasteiger partial charge in [-0.25, -0.2) is 22.5 Å². The summed E-state index contributed by atoms with van der Waals surface area (Å²) in [7, 11) is -3.81. The molecule has 4 N–H and O–H groups in total. The standard InChI is InChI=1S/C19H19ClFN5O2S/c1-12-15(6-3-7-16(12)20)17-11-18(26-19(22)25-17)23-8-9-24-29(27,28)14-5-2-4-13(21)10-14/h2-7,10-11,24H,8-9H2,1H3,(H3,22,23,25,26). The van der Waals surface area contributed by atoms with Gasteiger partial charge in [-0.15, -0.1) is 0 Å². The van der Waals surface area contributed by atoms with E-state index in [2.05, 4.69) is 20.0 Å². The second-order valence-corrected chi connectivity index (χ2v) is 8.37. The van der Waals surface area contributed by atoms with Crippen molar-refractivity contribution in [1.82, 2.24) is 14.7 Å². The van der Waals surface area contributed by atoms with E-state index in [1.54, 1.807) is 12.1 Å². The highest BCUT2D eigenvalue weighted by Crippen LogP contribution is 2.28. The molecule has 0 aliphatic heterocycles. The minimum atomic E-state index is -3.81. The van der Waals surface area contributed by atoms with Crippen molar-refractivity contribution in [2.45, 2.75) is 11.8 Å². The van der Waals surface area contributed by atoms with Crippen LogP contribution in [0.15, 0.2) is 53.4 Å².